The molecular formula is C20H18FN3O2. The molecule has 1 saturated carbocycles. The lowest BCUT2D eigenvalue weighted by atomic mass is 10.0. The Morgan fingerprint density at radius 3 is 2.46 bits per heavy atom. The molecule has 0 spiro atoms. The molecule has 1 aliphatic carbocycles. The van der Waals surface area contributed by atoms with Gasteiger partial charge in [-0.25, -0.2) is 14.6 Å². The highest BCUT2D eigenvalue weighted by Crippen LogP contribution is 2.60. The average Bonchev–Trinajstić information content (AvgIpc) is 3.25. The number of amides is 1. The molecule has 5 nitrogen and oxygen atoms in total. The predicted octanol–water partition coefficient (Wildman–Crippen LogP) is 3.32. The molecule has 0 radical (unpaired) electrons. The first-order valence-electron chi connectivity index (χ1n) is 8.41. The fraction of sp³-hybridized carbons (Fsp3) is 0.200. The minimum absolute atomic E-state index is 0.174. The minimum Gasteiger partial charge on any atom is -0.289 e. The number of aromatic nitrogens is 2. The van der Waals surface area contributed by atoms with E-state index in [4.69, 9.17) is 5.21 Å². The number of hydrogen-bond donors (Lipinski definition) is 2. The van der Waals surface area contributed by atoms with Crippen LogP contribution < -0.4 is 5.48 Å². The van der Waals surface area contributed by atoms with Crippen LogP contribution in [0.25, 0.3) is 5.69 Å². The summed E-state index contributed by atoms with van der Waals surface area (Å²) in [5, 5.41) is 13.4. The monoisotopic (exact) mass is 351 g/mol. The van der Waals surface area contributed by atoms with Crippen LogP contribution in [0.5, 0.6) is 0 Å². The molecule has 3 atom stereocenters. The number of carbonyl (C=O) groups is 1. The van der Waals surface area contributed by atoms with Crippen molar-refractivity contribution in [3.63, 3.8) is 0 Å². The third-order valence-electron chi connectivity index (χ3n) is 4.96. The van der Waals surface area contributed by atoms with Gasteiger partial charge < -0.3 is 0 Å². The van der Waals surface area contributed by atoms with E-state index in [-0.39, 0.29) is 17.7 Å². The van der Waals surface area contributed by atoms with Crippen LogP contribution in [-0.2, 0) is 4.79 Å². The van der Waals surface area contributed by atoms with E-state index in [1.54, 1.807) is 28.4 Å². The summed E-state index contributed by atoms with van der Waals surface area (Å²) in [4.78, 5) is 12.0. The van der Waals surface area contributed by atoms with Gasteiger partial charge in [-0.15, -0.1) is 0 Å². The lowest BCUT2D eigenvalue weighted by Gasteiger charge is -2.05. The van der Waals surface area contributed by atoms with Gasteiger partial charge in [0.25, 0.3) is 0 Å². The number of hydroxylamine groups is 1. The molecule has 1 amide bonds. The molecule has 2 aromatic carbocycles. The molecule has 3 aromatic rings. The number of aryl methyl sites for hydroxylation is 1. The fourth-order valence-corrected chi connectivity index (χ4v) is 3.67. The van der Waals surface area contributed by atoms with Crippen molar-refractivity contribution in [2.45, 2.75) is 18.8 Å². The summed E-state index contributed by atoms with van der Waals surface area (Å²) < 4.78 is 16.0. The maximum Gasteiger partial charge on any atom is 0.247 e. The lowest BCUT2D eigenvalue weighted by molar-refractivity contribution is -0.130. The zero-order chi connectivity index (χ0) is 18.3. The van der Waals surface area contributed by atoms with Crippen molar-refractivity contribution in [2.75, 3.05) is 0 Å². The van der Waals surface area contributed by atoms with Crippen LogP contribution in [-0.4, -0.2) is 20.9 Å². The number of benzene rings is 2. The van der Waals surface area contributed by atoms with E-state index in [1.165, 1.54) is 6.07 Å². The summed E-state index contributed by atoms with van der Waals surface area (Å²) >= 11 is 0. The van der Waals surface area contributed by atoms with E-state index in [0.717, 1.165) is 16.9 Å². The minimum atomic E-state index is -0.491. The van der Waals surface area contributed by atoms with E-state index < -0.39 is 11.8 Å². The van der Waals surface area contributed by atoms with E-state index in [1.807, 2.05) is 43.5 Å². The number of carbonyl (C=O) groups excluding carboxylic acids is 1. The largest absolute Gasteiger partial charge is 0.289 e. The molecule has 2 N–H and O–H groups in total. The van der Waals surface area contributed by atoms with Gasteiger partial charge in [0.05, 0.1) is 17.3 Å². The van der Waals surface area contributed by atoms with Crippen molar-refractivity contribution >= 4 is 5.91 Å². The maximum atomic E-state index is 14.2. The van der Waals surface area contributed by atoms with Gasteiger partial charge in [0.1, 0.15) is 5.82 Å². The number of nitrogens with one attached hydrogen (secondary N) is 1. The highest BCUT2D eigenvalue weighted by molar-refractivity contribution is 5.84. The third-order valence-corrected chi connectivity index (χ3v) is 4.96. The Morgan fingerprint density at radius 2 is 1.85 bits per heavy atom. The lowest BCUT2D eigenvalue weighted by Crippen LogP contribution is -2.21. The van der Waals surface area contributed by atoms with Crippen molar-refractivity contribution < 1.29 is 14.4 Å². The molecule has 0 unspecified atom stereocenters. The molecule has 0 aliphatic heterocycles. The zero-order valence-electron chi connectivity index (χ0n) is 14.1. The maximum absolute atomic E-state index is 14.2. The Bertz CT molecular complexity index is 952. The van der Waals surface area contributed by atoms with Crippen molar-refractivity contribution in [3.8, 4) is 5.69 Å². The highest BCUT2D eigenvalue weighted by Gasteiger charge is 2.56. The number of nitrogens with zero attached hydrogens (tertiary/aromatic N) is 2. The van der Waals surface area contributed by atoms with E-state index >= 15 is 0 Å². The van der Waals surface area contributed by atoms with Crippen LogP contribution in [0, 0.1) is 18.7 Å². The molecule has 4 rings (SSSR count). The van der Waals surface area contributed by atoms with Crippen molar-refractivity contribution in [1.82, 2.24) is 15.3 Å². The summed E-state index contributed by atoms with van der Waals surface area (Å²) in [5.74, 6) is -1.78. The normalized spacial score (nSPS) is 21.4. The summed E-state index contributed by atoms with van der Waals surface area (Å²) in [6.07, 6.45) is 1.88. The number of rotatable bonds is 4. The first kappa shape index (κ1) is 16.5. The van der Waals surface area contributed by atoms with Crippen molar-refractivity contribution in [2.24, 2.45) is 5.92 Å². The number of hydrogen-bond acceptors (Lipinski definition) is 3. The molecule has 1 heterocycles. The molecule has 0 saturated heterocycles. The van der Waals surface area contributed by atoms with Gasteiger partial charge in [-0.1, -0.05) is 30.3 Å². The van der Waals surface area contributed by atoms with Crippen LogP contribution in [0.4, 0.5) is 4.39 Å². The third kappa shape index (κ3) is 2.78. The van der Waals surface area contributed by atoms with Gasteiger partial charge in [-0.3, -0.25) is 10.0 Å². The van der Waals surface area contributed by atoms with Crippen LogP contribution in [0.2, 0.25) is 0 Å². The van der Waals surface area contributed by atoms with Gasteiger partial charge in [0.15, 0.2) is 0 Å². The Hall–Kier alpha value is -2.99. The standard InChI is InChI=1S/C20H18FN3O2/c1-12-10-11-24(22-12)14-8-6-13(7-9-14)17-18(19(17)20(25)23-26)15-4-2-3-5-16(15)21/h2-11,17-19,26H,1H3,(H,23,25)/t17-,18-,19-/m1/s1. The highest BCUT2D eigenvalue weighted by atomic mass is 19.1. The summed E-state index contributed by atoms with van der Waals surface area (Å²) in [7, 11) is 0. The smallest absolute Gasteiger partial charge is 0.247 e. The Labute approximate surface area is 150 Å². The second-order valence-electron chi connectivity index (χ2n) is 6.57. The molecule has 1 aromatic heterocycles. The molecule has 1 aliphatic rings. The Morgan fingerprint density at radius 1 is 1.12 bits per heavy atom. The Kier molecular flexibility index (Phi) is 4.05. The molecule has 6 heteroatoms. The van der Waals surface area contributed by atoms with E-state index in [0.29, 0.717) is 5.56 Å². The van der Waals surface area contributed by atoms with Crippen LogP contribution in [0.1, 0.15) is 28.7 Å². The van der Waals surface area contributed by atoms with E-state index in [9.17, 15) is 9.18 Å². The predicted molar refractivity (Wildman–Crippen MR) is 93.6 cm³/mol. The van der Waals surface area contributed by atoms with Crippen molar-refractivity contribution in [3.05, 3.63) is 83.4 Å². The number of halogens is 1. The van der Waals surface area contributed by atoms with Crippen LogP contribution in [0.3, 0.4) is 0 Å². The molecule has 0 bridgehead atoms. The first-order chi connectivity index (χ1) is 12.6. The zero-order valence-corrected chi connectivity index (χ0v) is 14.1. The summed E-state index contributed by atoms with van der Waals surface area (Å²) in [6, 6.07) is 16.1. The van der Waals surface area contributed by atoms with Gasteiger partial charge >= 0.3 is 0 Å². The molecular weight excluding hydrogens is 333 g/mol. The average molecular weight is 351 g/mol. The summed E-state index contributed by atoms with van der Waals surface area (Å²) in [6.45, 7) is 1.92. The van der Waals surface area contributed by atoms with Crippen LogP contribution >= 0.6 is 0 Å². The SMILES string of the molecule is Cc1ccn(-c2ccc([C@H]3[C@@H](C(=O)NO)[C@@H]3c3ccccc3F)cc2)n1. The summed E-state index contributed by atoms with van der Waals surface area (Å²) in [5.41, 5.74) is 4.98. The quantitative estimate of drug-likeness (QED) is 0.560. The van der Waals surface area contributed by atoms with Gasteiger partial charge in [-0.05, 0) is 42.3 Å². The van der Waals surface area contributed by atoms with Crippen molar-refractivity contribution in [1.29, 1.82) is 0 Å². The second kappa shape index (κ2) is 6.38. The van der Waals surface area contributed by atoms with Gasteiger partial charge in [-0.2, -0.15) is 5.10 Å². The molecule has 26 heavy (non-hydrogen) atoms. The second-order valence-corrected chi connectivity index (χ2v) is 6.57. The fourth-order valence-electron chi connectivity index (χ4n) is 3.67. The van der Waals surface area contributed by atoms with Gasteiger partial charge in [0.2, 0.25) is 5.91 Å². The van der Waals surface area contributed by atoms with Gasteiger partial charge in [0, 0.05) is 18.0 Å². The van der Waals surface area contributed by atoms with Crippen LogP contribution in [0.15, 0.2) is 60.8 Å². The topological polar surface area (TPSA) is 67.2 Å². The van der Waals surface area contributed by atoms with E-state index in [2.05, 4.69) is 5.10 Å². The first-order valence-corrected chi connectivity index (χ1v) is 8.41. The molecule has 132 valence electrons. The Balaban J connectivity index is 1.65. The molecule has 1 fully saturated rings.